The van der Waals surface area contributed by atoms with Crippen LogP contribution in [0.25, 0.3) is 0 Å². The molecule has 2 N–H and O–H groups in total. The molecule has 132 valence electrons. The van der Waals surface area contributed by atoms with Gasteiger partial charge >= 0.3 is 6.09 Å². The van der Waals surface area contributed by atoms with Crippen LogP contribution < -0.4 is 15.4 Å². The average Bonchev–Trinajstić information content (AvgIpc) is 3.32. The van der Waals surface area contributed by atoms with E-state index in [0.717, 1.165) is 37.4 Å². The van der Waals surface area contributed by atoms with Gasteiger partial charge in [0.25, 0.3) is 0 Å². The molecule has 0 atom stereocenters. The number of hydrogen-bond donors (Lipinski definition) is 1. The van der Waals surface area contributed by atoms with Gasteiger partial charge in [-0.05, 0) is 51.8 Å². The van der Waals surface area contributed by atoms with E-state index in [4.69, 9.17) is 15.2 Å². The standard InChI is InChI=1S/C18H27N3O3/c1-18(2,3)24-17(22)21-10-8-20(9-11-21)13-4-7-16(15(19)12-13)23-14-5-6-14/h4,7,12,14H,5-6,8-11,19H2,1-3H3. The average molecular weight is 333 g/mol. The quantitative estimate of drug-likeness (QED) is 0.862. The highest BCUT2D eigenvalue weighted by atomic mass is 16.6. The Hall–Kier alpha value is -2.11. The summed E-state index contributed by atoms with van der Waals surface area (Å²) in [5.41, 5.74) is 7.40. The molecule has 0 radical (unpaired) electrons. The first-order valence-electron chi connectivity index (χ1n) is 8.61. The fourth-order valence-electron chi connectivity index (χ4n) is 2.68. The summed E-state index contributed by atoms with van der Waals surface area (Å²) >= 11 is 0. The van der Waals surface area contributed by atoms with Gasteiger partial charge in [0.15, 0.2) is 0 Å². The molecule has 1 saturated carbocycles. The van der Waals surface area contributed by atoms with Crippen molar-refractivity contribution in [2.75, 3.05) is 36.8 Å². The minimum absolute atomic E-state index is 0.241. The number of anilines is 2. The van der Waals surface area contributed by atoms with Crippen molar-refractivity contribution in [2.24, 2.45) is 0 Å². The predicted molar refractivity (Wildman–Crippen MR) is 94.5 cm³/mol. The molecular weight excluding hydrogens is 306 g/mol. The molecule has 1 aromatic carbocycles. The van der Waals surface area contributed by atoms with Gasteiger partial charge in [0, 0.05) is 31.9 Å². The van der Waals surface area contributed by atoms with Crippen molar-refractivity contribution in [2.45, 2.75) is 45.3 Å². The van der Waals surface area contributed by atoms with Crippen LogP contribution in [0.15, 0.2) is 18.2 Å². The lowest BCUT2D eigenvalue weighted by molar-refractivity contribution is 0.0240. The van der Waals surface area contributed by atoms with Gasteiger partial charge in [-0.3, -0.25) is 0 Å². The van der Waals surface area contributed by atoms with E-state index >= 15 is 0 Å². The maximum Gasteiger partial charge on any atom is 0.410 e. The summed E-state index contributed by atoms with van der Waals surface area (Å²) in [6, 6.07) is 5.95. The molecular formula is C18H27N3O3. The molecule has 6 heteroatoms. The lowest BCUT2D eigenvalue weighted by atomic mass is 10.2. The highest BCUT2D eigenvalue weighted by molar-refractivity contribution is 5.69. The van der Waals surface area contributed by atoms with Crippen LogP contribution in [0.1, 0.15) is 33.6 Å². The van der Waals surface area contributed by atoms with E-state index in [1.807, 2.05) is 39.0 Å². The largest absolute Gasteiger partial charge is 0.488 e. The van der Waals surface area contributed by atoms with E-state index < -0.39 is 5.60 Å². The number of rotatable bonds is 3. The Bertz CT molecular complexity index is 600. The van der Waals surface area contributed by atoms with Gasteiger partial charge in [0.2, 0.25) is 0 Å². The van der Waals surface area contributed by atoms with E-state index in [-0.39, 0.29) is 6.09 Å². The summed E-state index contributed by atoms with van der Waals surface area (Å²) in [4.78, 5) is 16.1. The number of carbonyl (C=O) groups excluding carboxylic acids is 1. The SMILES string of the molecule is CC(C)(C)OC(=O)N1CCN(c2ccc(OC3CC3)c(N)c2)CC1. The molecule has 1 aromatic rings. The normalized spacial score (nSPS) is 18.5. The minimum Gasteiger partial charge on any atom is -0.488 e. The summed E-state index contributed by atoms with van der Waals surface area (Å²) in [6.45, 7) is 8.48. The van der Waals surface area contributed by atoms with Crippen molar-refractivity contribution in [3.63, 3.8) is 0 Å². The van der Waals surface area contributed by atoms with E-state index in [2.05, 4.69) is 4.90 Å². The third-order valence-corrected chi connectivity index (χ3v) is 4.11. The second-order valence-electron chi connectivity index (χ2n) is 7.49. The van der Waals surface area contributed by atoms with Crippen molar-refractivity contribution in [1.82, 2.24) is 4.90 Å². The Balaban J connectivity index is 1.56. The lowest BCUT2D eigenvalue weighted by Gasteiger charge is -2.36. The van der Waals surface area contributed by atoms with Crippen molar-refractivity contribution in [1.29, 1.82) is 0 Å². The van der Waals surface area contributed by atoms with E-state index in [9.17, 15) is 4.79 Å². The second kappa shape index (κ2) is 6.42. The van der Waals surface area contributed by atoms with E-state index in [1.165, 1.54) is 0 Å². The molecule has 0 unspecified atom stereocenters. The summed E-state index contributed by atoms with van der Waals surface area (Å²) in [5.74, 6) is 0.772. The number of nitrogens with zero attached hydrogens (tertiary/aromatic N) is 2. The number of nitrogens with two attached hydrogens (primary N) is 1. The zero-order valence-corrected chi connectivity index (χ0v) is 14.7. The van der Waals surface area contributed by atoms with Crippen LogP contribution in [0.5, 0.6) is 5.75 Å². The van der Waals surface area contributed by atoms with Gasteiger partial charge in [-0.15, -0.1) is 0 Å². The molecule has 1 amide bonds. The van der Waals surface area contributed by atoms with Gasteiger partial charge in [-0.25, -0.2) is 4.79 Å². The van der Waals surface area contributed by atoms with E-state index in [0.29, 0.717) is 24.9 Å². The highest BCUT2D eigenvalue weighted by Gasteiger charge is 2.27. The molecule has 24 heavy (non-hydrogen) atoms. The molecule has 1 heterocycles. The van der Waals surface area contributed by atoms with E-state index in [1.54, 1.807) is 4.90 Å². The first-order chi connectivity index (χ1) is 11.3. The molecule has 3 rings (SSSR count). The number of ether oxygens (including phenoxy) is 2. The first kappa shape index (κ1) is 16.7. The zero-order valence-electron chi connectivity index (χ0n) is 14.7. The maximum absolute atomic E-state index is 12.1. The van der Waals surface area contributed by atoms with Crippen LogP contribution in [-0.2, 0) is 4.74 Å². The van der Waals surface area contributed by atoms with Crippen LogP contribution in [0.4, 0.5) is 16.2 Å². The number of piperazine rings is 1. The van der Waals surface area contributed by atoms with Crippen LogP contribution in [0.3, 0.4) is 0 Å². The fraction of sp³-hybridized carbons (Fsp3) is 0.611. The van der Waals surface area contributed by atoms with Crippen LogP contribution in [-0.4, -0.2) is 48.9 Å². The summed E-state index contributed by atoms with van der Waals surface area (Å²) in [7, 11) is 0. The van der Waals surface area contributed by atoms with Crippen LogP contribution in [0.2, 0.25) is 0 Å². The Morgan fingerprint density at radius 2 is 1.83 bits per heavy atom. The Kier molecular flexibility index (Phi) is 4.47. The van der Waals surface area contributed by atoms with Gasteiger partial charge < -0.3 is 25.0 Å². The Labute approximate surface area is 143 Å². The summed E-state index contributed by atoms with van der Waals surface area (Å²) < 4.78 is 11.2. The summed E-state index contributed by atoms with van der Waals surface area (Å²) in [5, 5.41) is 0. The van der Waals surface area contributed by atoms with Gasteiger partial charge in [0.1, 0.15) is 11.4 Å². The molecule has 6 nitrogen and oxygen atoms in total. The Morgan fingerprint density at radius 3 is 2.38 bits per heavy atom. The van der Waals surface area contributed by atoms with Crippen molar-refractivity contribution in [3.05, 3.63) is 18.2 Å². The smallest absolute Gasteiger partial charge is 0.410 e. The zero-order chi connectivity index (χ0) is 17.3. The molecule has 1 aliphatic carbocycles. The molecule has 1 aliphatic heterocycles. The number of hydrogen-bond acceptors (Lipinski definition) is 5. The minimum atomic E-state index is -0.458. The predicted octanol–water partition coefficient (Wildman–Crippen LogP) is 2.87. The molecule has 2 aliphatic rings. The molecule has 0 spiro atoms. The monoisotopic (exact) mass is 333 g/mol. The van der Waals surface area contributed by atoms with Crippen LogP contribution >= 0.6 is 0 Å². The van der Waals surface area contributed by atoms with Crippen molar-refractivity contribution < 1.29 is 14.3 Å². The van der Waals surface area contributed by atoms with Gasteiger partial charge in [-0.2, -0.15) is 0 Å². The third kappa shape index (κ3) is 4.24. The lowest BCUT2D eigenvalue weighted by Crippen LogP contribution is -2.50. The fourth-order valence-corrected chi connectivity index (χ4v) is 2.68. The Morgan fingerprint density at radius 1 is 1.17 bits per heavy atom. The summed E-state index contributed by atoms with van der Waals surface area (Å²) in [6.07, 6.45) is 2.34. The van der Waals surface area contributed by atoms with Crippen molar-refractivity contribution in [3.8, 4) is 5.75 Å². The molecule has 0 aromatic heterocycles. The topological polar surface area (TPSA) is 68.0 Å². The molecule has 2 fully saturated rings. The first-order valence-corrected chi connectivity index (χ1v) is 8.61. The van der Waals surface area contributed by atoms with Crippen LogP contribution in [0, 0.1) is 0 Å². The number of benzene rings is 1. The highest BCUT2D eigenvalue weighted by Crippen LogP contribution is 2.33. The maximum atomic E-state index is 12.1. The van der Waals surface area contributed by atoms with Gasteiger partial charge in [0.05, 0.1) is 11.8 Å². The second-order valence-corrected chi connectivity index (χ2v) is 7.49. The molecule has 1 saturated heterocycles. The molecule has 0 bridgehead atoms. The number of nitrogen functional groups attached to an aromatic ring is 1. The van der Waals surface area contributed by atoms with Crippen molar-refractivity contribution >= 4 is 17.5 Å². The number of carbonyl (C=O) groups is 1. The third-order valence-electron chi connectivity index (χ3n) is 4.11. The number of amides is 1. The van der Waals surface area contributed by atoms with Gasteiger partial charge in [-0.1, -0.05) is 0 Å².